The Balaban J connectivity index is 2.00. The van der Waals surface area contributed by atoms with Gasteiger partial charge < -0.3 is 15.4 Å². The van der Waals surface area contributed by atoms with Crippen LogP contribution in [-0.4, -0.2) is 30.2 Å². The van der Waals surface area contributed by atoms with Crippen molar-refractivity contribution in [3.05, 3.63) is 45.8 Å². The van der Waals surface area contributed by atoms with Crippen molar-refractivity contribution in [2.24, 2.45) is 0 Å². The fourth-order valence-corrected chi connectivity index (χ4v) is 3.40. The smallest absolute Gasteiger partial charge is 0.341 e. The van der Waals surface area contributed by atoms with Gasteiger partial charge in [-0.25, -0.2) is 4.79 Å². The average molecular weight is 388 g/mol. The molecular formula is C19H20N2O5S. The standard InChI is InChI=1S/C19H20N2O5S/c1-10-12(3)27-18(20-13(4)23)17(10)19(25)26-9-16(24)21-15-7-5-14(6-8-15)11(2)22/h5-8H,9H2,1-4H3,(H,20,23)(H,21,24). The Kier molecular flexibility index (Phi) is 6.46. The zero-order valence-corrected chi connectivity index (χ0v) is 16.3. The normalized spacial score (nSPS) is 10.2. The molecule has 2 aromatic rings. The number of esters is 1. The van der Waals surface area contributed by atoms with Crippen LogP contribution in [0.2, 0.25) is 0 Å². The van der Waals surface area contributed by atoms with Crippen LogP contribution in [0.3, 0.4) is 0 Å². The summed E-state index contributed by atoms with van der Waals surface area (Å²) >= 11 is 1.28. The van der Waals surface area contributed by atoms with Gasteiger partial charge in [0, 0.05) is 23.1 Å². The molecule has 0 spiro atoms. The number of ketones is 1. The molecule has 0 aliphatic heterocycles. The minimum absolute atomic E-state index is 0.0711. The van der Waals surface area contributed by atoms with Crippen molar-refractivity contribution in [1.29, 1.82) is 0 Å². The third-order valence-electron chi connectivity index (χ3n) is 3.79. The first-order valence-corrected chi connectivity index (χ1v) is 8.96. The monoisotopic (exact) mass is 388 g/mol. The van der Waals surface area contributed by atoms with Crippen LogP contribution in [0.15, 0.2) is 24.3 Å². The number of amides is 2. The number of rotatable bonds is 6. The maximum Gasteiger partial charge on any atom is 0.341 e. The first-order chi connectivity index (χ1) is 12.7. The maximum absolute atomic E-state index is 12.4. The molecule has 8 heteroatoms. The lowest BCUT2D eigenvalue weighted by Gasteiger charge is -2.08. The molecule has 7 nitrogen and oxygen atoms in total. The number of thiophene rings is 1. The average Bonchev–Trinajstić information content (AvgIpc) is 2.86. The molecule has 0 unspecified atom stereocenters. The summed E-state index contributed by atoms with van der Waals surface area (Å²) in [4.78, 5) is 47.8. The summed E-state index contributed by atoms with van der Waals surface area (Å²) in [6.07, 6.45) is 0. The van der Waals surface area contributed by atoms with Crippen LogP contribution in [-0.2, 0) is 14.3 Å². The van der Waals surface area contributed by atoms with Crippen LogP contribution in [0, 0.1) is 13.8 Å². The summed E-state index contributed by atoms with van der Waals surface area (Å²) < 4.78 is 5.09. The van der Waals surface area contributed by atoms with Crippen LogP contribution in [0.1, 0.15) is 45.0 Å². The van der Waals surface area contributed by atoms with Gasteiger partial charge >= 0.3 is 5.97 Å². The minimum atomic E-state index is -0.678. The van der Waals surface area contributed by atoms with Crippen molar-refractivity contribution in [2.75, 3.05) is 17.2 Å². The van der Waals surface area contributed by atoms with E-state index in [2.05, 4.69) is 10.6 Å². The van der Waals surface area contributed by atoms with E-state index >= 15 is 0 Å². The number of carbonyl (C=O) groups excluding carboxylic acids is 4. The maximum atomic E-state index is 12.4. The van der Waals surface area contributed by atoms with E-state index in [4.69, 9.17) is 4.74 Å². The third-order valence-corrected chi connectivity index (χ3v) is 4.91. The first kappa shape index (κ1) is 20.3. The Labute approximate surface area is 160 Å². The van der Waals surface area contributed by atoms with Gasteiger partial charge in [0.25, 0.3) is 5.91 Å². The van der Waals surface area contributed by atoms with Crippen molar-refractivity contribution < 1.29 is 23.9 Å². The number of Topliss-reactive ketones (excluding diaryl/α,β-unsaturated/α-hetero) is 1. The van der Waals surface area contributed by atoms with Crippen LogP contribution < -0.4 is 10.6 Å². The lowest BCUT2D eigenvalue weighted by atomic mass is 10.1. The molecule has 2 N–H and O–H groups in total. The molecule has 1 aromatic heterocycles. The molecule has 142 valence electrons. The van der Waals surface area contributed by atoms with Gasteiger partial charge in [-0.3, -0.25) is 14.4 Å². The van der Waals surface area contributed by atoms with Crippen molar-refractivity contribution in [2.45, 2.75) is 27.7 Å². The molecule has 0 fully saturated rings. The van der Waals surface area contributed by atoms with Gasteiger partial charge in [0.1, 0.15) is 5.00 Å². The molecular weight excluding hydrogens is 368 g/mol. The van der Waals surface area contributed by atoms with E-state index in [1.54, 1.807) is 31.2 Å². The second-order valence-corrected chi connectivity index (χ2v) is 7.15. The highest BCUT2D eigenvalue weighted by atomic mass is 32.1. The Bertz CT molecular complexity index is 900. The number of hydrogen-bond acceptors (Lipinski definition) is 6. The number of aryl methyl sites for hydroxylation is 1. The lowest BCUT2D eigenvalue weighted by Crippen LogP contribution is -2.21. The zero-order valence-electron chi connectivity index (χ0n) is 15.5. The molecule has 0 aliphatic rings. The summed E-state index contributed by atoms with van der Waals surface area (Å²) in [5, 5.41) is 5.60. The summed E-state index contributed by atoms with van der Waals surface area (Å²) in [5.41, 5.74) is 1.98. The molecule has 0 radical (unpaired) electrons. The second-order valence-electron chi connectivity index (χ2n) is 5.93. The molecule has 0 saturated heterocycles. The van der Waals surface area contributed by atoms with Gasteiger partial charge in [0.15, 0.2) is 12.4 Å². The van der Waals surface area contributed by atoms with E-state index in [-0.39, 0.29) is 17.3 Å². The Morgan fingerprint density at radius 3 is 2.19 bits per heavy atom. The van der Waals surface area contributed by atoms with Gasteiger partial charge in [-0.05, 0) is 50.6 Å². The van der Waals surface area contributed by atoms with E-state index < -0.39 is 18.5 Å². The van der Waals surface area contributed by atoms with E-state index in [1.807, 2.05) is 6.92 Å². The summed E-state index contributed by atoms with van der Waals surface area (Å²) in [5.74, 6) is -1.55. The van der Waals surface area contributed by atoms with E-state index in [1.165, 1.54) is 25.2 Å². The summed E-state index contributed by atoms with van der Waals surface area (Å²) in [7, 11) is 0. The topological polar surface area (TPSA) is 102 Å². The minimum Gasteiger partial charge on any atom is -0.452 e. The molecule has 0 saturated carbocycles. The van der Waals surface area contributed by atoms with Gasteiger partial charge in [-0.2, -0.15) is 0 Å². The quantitative estimate of drug-likeness (QED) is 0.584. The van der Waals surface area contributed by atoms with Crippen LogP contribution in [0.25, 0.3) is 0 Å². The highest BCUT2D eigenvalue weighted by molar-refractivity contribution is 7.16. The van der Waals surface area contributed by atoms with Gasteiger partial charge in [-0.1, -0.05) is 0 Å². The molecule has 1 aromatic carbocycles. The van der Waals surface area contributed by atoms with Gasteiger partial charge in [0.05, 0.1) is 5.56 Å². The lowest BCUT2D eigenvalue weighted by molar-refractivity contribution is -0.119. The number of benzene rings is 1. The first-order valence-electron chi connectivity index (χ1n) is 8.14. The van der Waals surface area contributed by atoms with Crippen LogP contribution in [0.5, 0.6) is 0 Å². The van der Waals surface area contributed by atoms with Crippen molar-refractivity contribution in [3.63, 3.8) is 0 Å². The highest BCUT2D eigenvalue weighted by Gasteiger charge is 2.22. The molecule has 0 bridgehead atoms. The van der Waals surface area contributed by atoms with Gasteiger partial charge in [-0.15, -0.1) is 11.3 Å². The van der Waals surface area contributed by atoms with Crippen molar-refractivity contribution >= 4 is 45.6 Å². The fourth-order valence-electron chi connectivity index (χ4n) is 2.31. The third kappa shape index (κ3) is 5.24. The van der Waals surface area contributed by atoms with E-state index in [0.717, 1.165) is 4.88 Å². The Morgan fingerprint density at radius 1 is 1.00 bits per heavy atom. The number of anilines is 2. The number of carbonyl (C=O) groups is 4. The van der Waals surface area contributed by atoms with E-state index in [0.29, 0.717) is 21.8 Å². The zero-order chi connectivity index (χ0) is 20.1. The summed E-state index contributed by atoms with van der Waals surface area (Å²) in [6, 6.07) is 6.39. The highest BCUT2D eigenvalue weighted by Crippen LogP contribution is 2.32. The van der Waals surface area contributed by atoms with Crippen molar-refractivity contribution in [1.82, 2.24) is 0 Å². The second kappa shape index (κ2) is 8.59. The molecule has 1 heterocycles. The predicted octanol–water partition coefficient (Wildman–Crippen LogP) is 3.32. The molecule has 2 amide bonds. The number of nitrogens with one attached hydrogen (secondary N) is 2. The van der Waals surface area contributed by atoms with Crippen LogP contribution >= 0.6 is 11.3 Å². The predicted molar refractivity (Wildman–Crippen MR) is 103 cm³/mol. The molecule has 0 atom stereocenters. The molecule has 0 aliphatic carbocycles. The molecule has 27 heavy (non-hydrogen) atoms. The number of hydrogen-bond donors (Lipinski definition) is 2. The molecule has 2 rings (SSSR count). The SMILES string of the molecule is CC(=O)Nc1sc(C)c(C)c1C(=O)OCC(=O)Nc1ccc(C(C)=O)cc1. The number of ether oxygens (including phenoxy) is 1. The van der Waals surface area contributed by atoms with Crippen LogP contribution in [0.4, 0.5) is 10.7 Å². The largest absolute Gasteiger partial charge is 0.452 e. The Morgan fingerprint density at radius 2 is 1.63 bits per heavy atom. The van der Waals surface area contributed by atoms with E-state index in [9.17, 15) is 19.2 Å². The summed E-state index contributed by atoms with van der Waals surface area (Å²) in [6.45, 7) is 5.92. The fraction of sp³-hybridized carbons (Fsp3) is 0.263. The van der Waals surface area contributed by atoms with Crippen molar-refractivity contribution in [3.8, 4) is 0 Å². The Hall–Kier alpha value is -3.00. The van der Waals surface area contributed by atoms with Gasteiger partial charge in [0.2, 0.25) is 5.91 Å².